The lowest BCUT2D eigenvalue weighted by atomic mass is 9.84. The van der Waals surface area contributed by atoms with Crippen LogP contribution in [0.3, 0.4) is 0 Å². The Hall–Kier alpha value is -3.69. The number of hydrogen-bond acceptors (Lipinski definition) is 5. The zero-order valence-corrected chi connectivity index (χ0v) is 26.9. The molecule has 0 unspecified atom stereocenters. The molecule has 1 aliphatic rings. The number of thiophene rings is 1. The van der Waals surface area contributed by atoms with Crippen LogP contribution in [-0.2, 0) is 6.54 Å². The zero-order valence-electron chi connectivity index (χ0n) is 25.3. The number of fused-ring (bicyclic) bond motifs is 1. The van der Waals surface area contributed by atoms with Gasteiger partial charge in [0.05, 0.1) is 12.1 Å². The Morgan fingerprint density at radius 1 is 1.07 bits per heavy atom. The van der Waals surface area contributed by atoms with Crippen molar-refractivity contribution in [1.29, 1.82) is 0 Å². The van der Waals surface area contributed by atoms with E-state index >= 15 is 0 Å². The number of benzene rings is 2. The first-order valence-corrected chi connectivity index (χ1v) is 15.9. The molecule has 1 N–H and O–H groups in total. The fourth-order valence-corrected chi connectivity index (χ4v) is 7.56. The number of nitrogens with zero attached hydrogens (tertiary/aromatic N) is 3. The number of ether oxygens (including phenoxy) is 1. The number of aromatic nitrogens is 1. The van der Waals surface area contributed by atoms with Crippen LogP contribution < -0.4 is 4.74 Å². The number of methoxy groups -OCH3 is 1. The molecule has 0 spiro atoms. The van der Waals surface area contributed by atoms with Crippen molar-refractivity contribution in [1.82, 2.24) is 14.8 Å². The van der Waals surface area contributed by atoms with Crippen LogP contribution in [0.25, 0.3) is 21.2 Å². The van der Waals surface area contributed by atoms with Gasteiger partial charge < -0.3 is 19.6 Å². The molecule has 4 aromatic rings. The summed E-state index contributed by atoms with van der Waals surface area (Å²) < 4.78 is 21.1. The predicted octanol–water partition coefficient (Wildman–Crippen LogP) is 8.74. The van der Waals surface area contributed by atoms with Crippen molar-refractivity contribution in [2.75, 3.05) is 13.7 Å². The van der Waals surface area contributed by atoms with Gasteiger partial charge in [0.1, 0.15) is 16.4 Å². The molecule has 7 nitrogen and oxygen atoms in total. The normalized spacial score (nSPS) is 17.0. The molecule has 0 aliphatic heterocycles. The van der Waals surface area contributed by atoms with Crippen LogP contribution >= 0.6 is 22.9 Å². The zero-order chi connectivity index (χ0) is 31.6. The second-order valence-electron chi connectivity index (χ2n) is 12.3. The highest BCUT2D eigenvalue weighted by atomic mass is 35.5. The minimum absolute atomic E-state index is 0.118. The van der Waals surface area contributed by atoms with E-state index in [0.29, 0.717) is 34.7 Å². The SMILES string of the molecule is COc1ccc(-c2ccncc2)cc1CN(C(=O)c1sc2cccc(F)c2c1Cl)C1CCC(CN(C(=O)O)C(C)(C)C)CC1. The maximum Gasteiger partial charge on any atom is 0.407 e. The summed E-state index contributed by atoms with van der Waals surface area (Å²) in [7, 11) is 1.61. The minimum Gasteiger partial charge on any atom is -0.496 e. The van der Waals surface area contributed by atoms with E-state index in [1.807, 2.05) is 56.0 Å². The number of carbonyl (C=O) groups excluding carboxylic acids is 1. The van der Waals surface area contributed by atoms with Gasteiger partial charge in [0.25, 0.3) is 5.91 Å². The van der Waals surface area contributed by atoms with Crippen LogP contribution in [0.2, 0.25) is 5.02 Å². The summed E-state index contributed by atoms with van der Waals surface area (Å²) in [6.07, 6.45) is 5.51. The van der Waals surface area contributed by atoms with Crippen LogP contribution in [0.1, 0.15) is 61.7 Å². The third kappa shape index (κ3) is 6.69. The highest BCUT2D eigenvalue weighted by Gasteiger charge is 2.35. The van der Waals surface area contributed by atoms with Crippen molar-refractivity contribution >= 4 is 45.0 Å². The Bertz CT molecular complexity index is 1650. The third-order valence-corrected chi connectivity index (χ3v) is 10.1. The smallest absolute Gasteiger partial charge is 0.407 e. The average Bonchev–Trinajstić information content (AvgIpc) is 3.35. The van der Waals surface area contributed by atoms with Gasteiger partial charge in [-0.3, -0.25) is 9.78 Å². The van der Waals surface area contributed by atoms with Crippen LogP contribution in [0, 0.1) is 11.7 Å². The molecule has 10 heteroatoms. The number of hydrogen-bond donors (Lipinski definition) is 1. The summed E-state index contributed by atoms with van der Waals surface area (Å²) in [4.78, 5) is 34.1. The molecule has 1 aliphatic carbocycles. The molecule has 1 fully saturated rings. The molecule has 232 valence electrons. The van der Waals surface area contributed by atoms with E-state index in [0.717, 1.165) is 29.5 Å². The van der Waals surface area contributed by atoms with Gasteiger partial charge in [-0.15, -0.1) is 11.3 Å². The van der Waals surface area contributed by atoms with E-state index in [1.165, 1.54) is 22.3 Å². The van der Waals surface area contributed by atoms with Gasteiger partial charge in [-0.2, -0.15) is 0 Å². The molecule has 2 heterocycles. The molecule has 44 heavy (non-hydrogen) atoms. The summed E-state index contributed by atoms with van der Waals surface area (Å²) in [5.74, 6) is 0.135. The second-order valence-corrected chi connectivity index (χ2v) is 13.7. The number of carboxylic acid groups (broad SMARTS) is 1. The van der Waals surface area contributed by atoms with Crippen molar-refractivity contribution in [3.8, 4) is 16.9 Å². The maximum atomic E-state index is 14.7. The highest BCUT2D eigenvalue weighted by molar-refractivity contribution is 7.21. The summed E-state index contributed by atoms with van der Waals surface area (Å²) >= 11 is 7.89. The fraction of sp³-hybridized carbons (Fsp3) is 0.382. The topological polar surface area (TPSA) is 83.0 Å². The van der Waals surface area contributed by atoms with Gasteiger partial charge in [0.2, 0.25) is 0 Å². The molecular weight excluding hydrogens is 601 g/mol. The molecule has 0 saturated heterocycles. The number of amides is 2. The molecule has 0 bridgehead atoms. The summed E-state index contributed by atoms with van der Waals surface area (Å²) in [6.45, 7) is 6.42. The second kappa shape index (κ2) is 13.1. The first-order valence-electron chi connectivity index (χ1n) is 14.7. The summed E-state index contributed by atoms with van der Waals surface area (Å²) in [5.41, 5.74) is 2.30. The molecule has 0 atom stereocenters. The first kappa shape index (κ1) is 31.7. The van der Waals surface area contributed by atoms with Crippen LogP contribution in [-0.4, -0.2) is 57.1 Å². The standard InChI is InChI=1S/C34H37ClFN3O4S/c1-34(2,3)39(33(41)42)19-21-8-11-25(12-9-21)38(32(40)31-30(35)29-26(36)6-5-7-28(29)44-31)20-24-18-23(10-13-27(24)43-4)22-14-16-37-17-15-22/h5-7,10,13-18,21,25H,8-9,11-12,19-20H2,1-4H3,(H,41,42). The molecule has 2 aromatic heterocycles. The Balaban J connectivity index is 1.47. The van der Waals surface area contributed by atoms with Gasteiger partial charge in [0, 0.05) is 52.7 Å². The van der Waals surface area contributed by atoms with E-state index in [-0.39, 0.29) is 34.8 Å². The molecule has 1 saturated carbocycles. The Labute approximate surface area is 266 Å². The minimum atomic E-state index is -0.927. The monoisotopic (exact) mass is 637 g/mol. The van der Waals surface area contributed by atoms with Crippen molar-refractivity contribution < 1.29 is 23.8 Å². The molecular formula is C34H37ClFN3O4S. The predicted molar refractivity (Wildman–Crippen MR) is 173 cm³/mol. The lowest BCUT2D eigenvalue weighted by Crippen LogP contribution is -2.48. The Morgan fingerprint density at radius 3 is 2.39 bits per heavy atom. The molecule has 5 rings (SSSR count). The lowest BCUT2D eigenvalue weighted by molar-refractivity contribution is 0.0535. The van der Waals surface area contributed by atoms with Gasteiger partial charge >= 0.3 is 6.09 Å². The number of carbonyl (C=O) groups is 2. The number of rotatable bonds is 8. The van der Waals surface area contributed by atoms with Gasteiger partial charge in [-0.05, 0) is 99.9 Å². The van der Waals surface area contributed by atoms with Gasteiger partial charge in [0.15, 0.2) is 0 Å². The largest absolute Gasteiger partial charge is 0.496 e. The van der Waals surface area contributed by atoms with Crippen LogP contribution in [0.4, 0.5) is 9.18 Å². The molecule has 2 aromatic carbocycles. The first-order chi connectivity index (χ1) is 21.0. The summed E-state index contributed by atoms with van der Waals surface area (Å²) in [6, 6.07) is 14.4. The number of pyridine rings is 1. The van der Waals surface area contributed by atoms with Gasteiger partial charge in [-0.1, -0.05) is 23.7 Å². The van der Waals surface area contributed by atoms with Crippen molar-refractivity contribution in [2.45, 2.75) is 64.6 Å². The number of halogens is 2. The highest BCUT2D eigenvalue weighted by Crippen LogP contribution is 2.40. The van der Waals surface area contributed by atoms with E-state index in [9.17, 15) is 19.1 Å². The Morgan fingerprint density at radius 2 is 1.77 bits per heavy atom. The van der Waals surface area contributed by atoms with E-state index in [2.05, 4.69) is 4.98 Å². The Kier molecular flexibility index (Phi) is 9.46. The van der Waals surface area contributed by atoms with Crippen LogP contribution in [0.15, 0.2) is 60.9 Å². The molecule has 2 amide bonds. The summed E-state index contributed by atoms with van der Waals surface area (Å²) in [5, 5.41) is 10.2. The fourth-order valence-electron chi connectivity index (χ4n) is 6.05. The molecule has 0 radical (unpaired) electrons. The van der Waals surface area contributed by atoms with Gasteiger partial charge in [-0.25, -0.2) is 9.18 Å². The van der Waals surface area contributed by atoms with E-state index in [1.54, 1.807) is 31.6 Å². The van der Waals surface area contributed by atoms with E-state index in [4.69, 9.17) is 16.3 Å². The quantitative estimate of drug-likeness (QED) is 0.209. The third-order valence-electron chi connectivity index (χ3n) is 8.43. The average molecular weight is 638 g/mol. The van der Waals surface area contributed by atoms with Crippen molar-refractivity contribution in [3.05, 3.63) is 82.2 Å². The lowest BCUT2D eigenvalue weighted by Gasteiger charge is -2.40. The van der Waals surface area contributed by atoms with E-state index < -0.39 is 17.4 Å². The van der Waals surface area contributed by atoms with Crippen LogP contribution in [0.5, 0.6) is 5.75 Å². The van der Waals surface area contributed by atoms with Crippen molar-refractivity contribution in [3.63, 3.8) is 0 Å². The van der Waals surface area contributed by atoms with Crippen molar-refractivity contribution in [2.24, 2.45) is 5.92 Å². The maximum absolute atomic E-state index is 14.7.